The molecular formula is C70H136O6. The fraction of sp³-hybridized carbons (Fsp3) is 0.957. The van der Waals surface area contributed by atoms with Crippen molar-refractivity contribution in [2.45, 2.75) is 401 Å². The number of carbonyl (C=O) groups excluding carboxylic acids is 3. The molecule has 0 aliphatic heterocycles. The van der Waals surface area contributed by atoms with Gasteiger partial charge >= 0.3 is 17.9 Å². The molecular weight excluding hydrogens is 937 g/mol. The molecule has 0 aliphatic rings. The van der Waals surface area contributed by atoms with Crippen molar-refractivity contribution in [3.05, 3.63) is 0 Å². The lowest BCUT2D eigenvalue weighted by Crippen LogP contribution is -2.30. The third-order valence-corrected chi connectivity index (χ3v) is 16.5. The van der Waals surface area contributed by atoms with Crippen molar-refractivity contribution in [1.29, 1.82) is 0 Å². The summed E-state index contributed by atoms with van der Waals surface area (Å²) < 4.78 is 17.0. The number of hydrogen-bond donors (Lipinski definition) is 0. The van der Waals surface area contributed by atoms with Crippen molar-refractivity contribution in [2.24, 2.45) is 17.8 Å². The molecule has 0 spiro atoms. The van der Waals surface area contributed by atoms with E-state index in [1.807, 2.05) is 0 Å². The monoisotopic (exact) mass is 1070 g/mol. The van der Waals surface area contributed by atoms with Crippen LogP contribution in [0.2, 0.25) is 0 Å². The van der Waals surface area contributed by atoms with Crippen LogP contribution in [0.15, 0.2) is 0 Å². The molecule has 6 nitrogen and oxygen atoms in total. The Morgan fingerprint density at radius 3 is 0.684 bits per heavy atom. The van der Waals surface area contributed by atoms with E-state index in [0.29, 0.717) is 19.3 Å². The van der Waals surface area contributed by atoms with Crippen molar-refractivity contribution < 1.29 is 28.6 Å². The summed E-state index contributed by atoms with van der Waals surface area (Å²) in [6.07, 6.45) is 68.2. The van der Waals surface area contributed by atoms with Gasteiger partial charge in [-0.3, -0.25) is 14.4 Å². The van der Waals surface area contributed by atoms with Gasteiger partial charge in [-0.15, -0.1) is 0 Å². The summed E-state index contributed by atoms with van der Waals surface area (Å²) in [6.45, 7) is 13.9. The number of hydrogen-bond acceptors (Lipinski definition) is 6. The zero-order valence-corrected chi connectivity index (χ0v) is 52.6. The van der Waals surface area contributed by atoms with Gasteiger partial charge in [0.15, 0.2) is 6.10 Å². The van der Waals surface area contributed by atoms with Crippen LogP contribution >= 0.6 is 0 Å². The molecule has 452 valence electrons. The molecule has 0 heterocycles. The number of ether oxygens (including phenoxy) is 3. The smallest absolute Gasteiger partial charge is 0.306 e. The number of carbonyl (C=O) groups is 3. The van der Waals surface area contributed by atoms with Gasteiger partial charge in [-0.1, -0.05) is 356 Å². The lowest BCUT2D eigenvalue weighted by molar-refractivity contribution is -0.167. The maximum atomic E-state index is 12.9. The van der Waals surface area contributed by atoms with Gasteiger partial charge in [0, 0.05) is 19.3 Å². The third kappa shape index (κ3) is 61.6. The molecule has 0 amide bonds. The molecule has 2 atom stereocenters. The molecule has 0 aromatic rings. The fourth-order valence-corrected chi connectivity index (χ4v) is 10.9. The summed E-state index contributed by atoms with van der Waals surface area (Å²) in [6, 6.07) is 0. The second kappa shape index (κ2) is 61.0. The Bertz CT molecular complexity index is 1180. The second-order valence-electron chi connectivity index (χ2n) is 25.4. The Labute approximate surface area is 476 Å². The van der Waals surface area contributed by atoms with E-state index in [1.165, 1.54) is 276 Å². The zero-order valence-electron chi connectivity index (χ0n) is 52.6. The summed E-state index contributed by atoms with van der Waals surface area (Å²) in [5, 5.41) is 0. The Kier molecular flexibility index (Phi) is 59.8. The number of esters is 3. The predicted molar refractivity (Wildman–Crippen MR) is 330 cm³/mol. The average Bonchev–Trinajstić information content (AvgIpc) is 3.40. The first-order valence-corrected chi connectivity index (χ1v) is 34.6. The van der Waals surface area contributed by atoms with Gasteiger partial charge in [-0.05, 0) is 37.0 Å². The van der Waals surface area contributed by atoms with Gasteiger partial charge in [0.05, 0.1) is 0 Å². The van der Waals surface area contributed by atoms with Crippen LogP contribution in [0, 0.1) is 17.8 Å². The Hall–Kier alpha value is -1.59. The van der Waals surface area contributed by atoms with Crippen LogP contribution in [0.5, 0.6) is 0 Å². The molecule has 0 saturated heterocycles. The zero-order chi connectivity index (χ0) is 55.5. The van der Waals surface area contributed by atoms with Crippen LogP contribution in [0.25, 0.3) is 0 Å². The van der Waals surface area contributed by atoms with Crippen LogP contribution in [-0.4, -0.2) is 37.2 Å². The quantitative estimate of drug-likeness (QED) is 0.0343. The minimum Gasteiger partial charge on any atom is -0.462 e. The van der Waals surface area contributed by atoms with E-state index in [-0.39, 0.29) is 31.1 Å². The standard InChI is InChI=1S/C70H136O6/c1-7-66(6)58-52-46-40-34-28-22-18-19-24-30-36-42-48-54-60-69(72)75-63-67(76-70(73)61-55-49-43-37-31-25-17-13-12-15-21-27-33-39-45-51-57-65(4)5)62-74-68(71)59-53-47-41-35-29-23-16-11-9-8-10-14-20-26-32-38-44-50-56-64(2)3/h64-67H,7-63H2,1-6H3/t66?,67-/m0/s1. The normalized spacial score (nSPS) is 12.5. The van der Waals surface area contributed by atoms with Crippen molar-refractivity contribution >= 4 is 17.9 Å². The maximum absolute atomic E-state index is 12.9. The molecule has 76 heavy (non-hydrogen) atoms. The topological polar surface area (TPSA) is 78.9 Å². The minimum atomic E-state index is -0.765. The maximum Gasteiger partial charge on any atom is 0.306 e. The highest BCUT2D eigenvalue weighted by Crippen LogP contribution is 2.20. The molecule has 0 fully saturated rings. The lowest BCUT2D eigenvalue weighted by atomic mass is 9.99. The van der Waals surface area contributed by atoms with E-state index < -0.39 is 6.10 Å². The second-order valence-corrected chi connectivity index (χ2v) is 25.4. The van der Waals surface area contributed by atoms with Crippen LogP contribution in [0.4, 0.5) is 0 Å². The van der Waals surface area contributed by atoms with Gasteiger partial charge in [-0.25, -0.2) is 0 Å². The van der Waals surface area contributed by atoms with Gasteiger partial charge in [0.25, 0.3) is 0 Å². The average molecular weight is 1070 g/mol. The first-order valence-electron chi connectivity index (χ1n) is 34.6. The van der Waals surface area contributed by atoms with E-state index in [4.69, 9.17) is 14.2 Å². The molecule has 1 unspecified atom stereocenters. The number of rotatable bonds is 63. The molecule has 0 rings (SSSR count). The minimum absolute atomic E-state index is 0.0619. The van der Waals surface area contributed by atoms with Crippen LogP contribution in [0.3, 0.4) is 0 Å². The molecule has 0 bridgehead atoms. The lowest BCUT2D eigenvalue weighted by Gasteiger charge is -2.18. The van der Waals surface area contributed by atoms with E-state index in [1.54, 1.807) is 0 Å². The van der Waals surface area contributed by atoms with Gasteiger partial charge in [0.2, 0.25) is 0 Å². The summed E-state index contributed by atoms with van der Waals surface area (Å²) in [5.41, 5.74) is 0. The van der Waals surface area contributed by atoms with Crippen molar-refractivity contribution in [3.8, 4) is 0 Å². The van der Waals surface area contributed by atoms with Crippen molar-refractivity contribution in [1.82, 2.24) is 0 Å². The Balaban J connectivity index is 4.28. The molecule has 0 aromatic carbocycles. The summed E-state index contributed by atoms with van der Waals surface area (Å²) in [4.78, 5) is 38.4. The van der Waals surface area contributed by atoms with E-state index >= 15 is 0 Å². The van der Waals surface area contributed by atoms with Crippen molar-refractivity contribution in [3.63, 3.8) is 0 Å². The SMILES string of the molecule is CCC(C)CCCCCCCCCCCCCCCCC(=O)OC[C@H](COC(=O)CCCCCCCCCCCCCCCCCCCCC(C)C)OC(=O)CCCCCCCCCCCCCCCCCCC(C)C. The van der Waals surface area contributed by atoms with Gasteiger partial charge < -0.3 is 14.2 Å². The van der Waals surface area contributed by atoms with E-state index in [0.717, 1.165) is 75.5 Å². The summed E-state index contributed by atoms with van der Waals surface area (Å²) >= 11 is 0. The highest BCUT2D eigenvalue weighted by atomic mass is 16.6. The van der Waals surface area contributed by atoms with Crippen LogP contribution < -0.4 is 0 Å². The number of unbranched alkanes of at least 4 members (excludes halogenated alkanes) is 45. The summed E-state index contributed by atoms with van der Waals surface area (Å²) in [5.74, 6) is 1.78. The third-order valence-electron chi connectivity index (χ3n) is 16.5. The van der Waals surface area contributed by atoms with Crippen LogP contribution in [0.1, 0.15) is 395 Å². The van der Waals surface area contributed by atoms with Crippen LogP contribution in [-0.2, 0) is 28.6 Å². The van der Waals surface area contributed by atoms with Crippen molar-refractivity contribution in [2.75, 3.05) is 13.2 Å². The fourth-order valence-electron chi connectivity index (χ4n) is 10.9. The molecule has 0 saturated carbocycles. The predicted octanol–water partition coefficient (Wildman–Crippen LogP) is 23.4. The molecule has 6 heteroatoms. The van der Waals surface area contributed by atoms with Gasteiger partial charge in [0.1, 0.15) is 13.2 Å². The van der Waals surface area contributed by atoms with E-state index in [9.17, 15) is 14.4 Å². The highest BCUT2D eigenvalue weighted by molar-refractivity contribution is 5.71. The summed E-state index contributed by atoms with van der Waals surface area (Å²) in [7, 11) is 0. The first-order chi connectivity index (χ1) is 37.1. The Morgan fingerprint density at radius 1 is 0.263 bits per heavy atom. The molecule has 0 aliphatic carbocycles. The Morgan fingerprint density at radius 2 is 0.461 bits per heavy atom. The molecule has 0 radical (unpaired) electrons. The highest BCUT2D eigenvalue weighted by Gasteiger charge is 2.20. The van der Waals surface area contributed by atoms with E-state index in [2.05, 4.69) is 41.5 Å². The molecule has 0 N–H and O–H groups in total. The van der Waals surface area contributed by atoms with Gasteiger partial charge in [-0.2, -0.15) is 0 Å². The first kappa shape index (κ1) is 74.4. The molecule has 0 aromatic heterocycles. The largest absolute Gasteiger partial charge is 0.462 e.